The Kier molecular flexibility index (Phi) is 7.64. The van der Waals surface area contributed by atoms with E-state index < -0.39 is 6.16 Å². The van der Waals surface area contributed by atoms with Crippen LogP contribution in [-0.2, 0) is 9.47 Å². The molecule has 0 radical (unpaired) electrons. The molecule has 0 amide bonds. The highest BCUT2D eigenvalue weighted by Crippen LogP contribution is 2.03. The zero-order valence-corrected chi connectivity index (χ0v) is 10.7. The van der Waals surface area contributed by atoms with E-state index >= 15 is 0 Å². The van der Waals surface area contributed by atoms with Gasteiger partial charge in [0.05, 0.1) is 26.9 Å². The maximum absolute atomic E-state index is 10.9. The molecule has 0 aliphatic heterocycles. The Balaban J connectivity index is 3.64. The second-order valence-electron chi connectivity index (χ2n) is 4.47. The number of hydrogen-bond donors (Lipinski definition) is 0. The first kappa shape index (κ1) is 15.0. The Labute approximate surface area is 98.4 Å². The third-order valence-electron chi connectivity index (χ3n) is 2.46. The summed E-state index contributed by atoms with van der Waals surface area (Å²) in [5.41, 5.74) is 0. The molecule has 0 bridgehead atoms. The molecule has 0 N–H and O–H groups in total. The number of carbonyl (C=O) groups is 1. The molecule has 0 aromatic carbocycles. The van der Waals surface area contributed by atoms with Crippen LogP contribution in [0.2, 0.25) is 0 Å². The summed E-state index contributed by atoms with van der Waals surface area (Å²) >= 11 is 0. The van der Waals surface area contributed by atoms with Gasteiger partial charge in [-0.05, 0) is 12.8 Å². The van der Waals surface area contributed by atoms with E-state index in [9.17, 15) is 4.79 Å². The van der Waals surface area contributed by atoms with Crippen LogP contribution >= 0.6 is 0 Å². The lowest BCUT2D eigenvalue weighted by Gasteiger charge is -2.29. The summed E-state index contributed by atoms with van der Waals surface area (Å²) < 4.78 is 10.2. The molecule has 0 atom stereocenters. The van der Waals surface area contributed by atoms with Gasteiger partial charge in [-0.1, -0.05) is 19.9 Å². The highest BCUT2D eigenvalue weighted by molar-refractivity contribution is 5.60. The van der Waals surface area contributed by atoms with Gasteiger partial charge in [0.2, 0.25) is 0 Å². The summed E-state index contributed by atoms with van der Waals surface area (Å²) in [5, 5.41) is 0. The van der Waals surface area contributed by atoms with Crippen molar-refractivity contribution in [2.75, 3.05) is 33.8 Å². The summed E-state index contributed by atoms with van der Waals surface area (Å²) in [6, 6.07) is 0. The summed E-state index contributed by atoms with van der Waals surface area (Å²) in [5.74, 6) is 0. The van der Waals surface area contributed by atoms with Crippen LogP contribution in [0.25, 0.3) is 0 Å². The number of carbonyl (C=O) groups excluding carboxylic acids is 1. The molecule has 0 saturated heterocycles. The van der Waals surface area contributed by atoms with Crippen molar-refractivity contribution in [3.63, 3.8) is 0 Å². The molecule has 0 rings (SSSR count). The van der Waals surface area contributed by atoms with Crippen molar-refractivity contribution < 1.29 is 18.8 Å². The number of nitrogens with zero attached hydrogens (tertiary/aromatic N) is 1. The average Bonchev–Trinajstić information content (AvgIpc) is 2.18. The van der Waals surface area contributed by atoms with Crippen molar-refractivity contribution in [2.45, 2.75) is 26.2 Å². The van der Waals surface area contributed by atoms with Gasteiger partial charge in [0.15, 0.2) is 0 Å². The third-order valence-corrected chi connectivity index (χ3v) is 2.46. The van der Waals surface area contributed by atoms with Gasteiger partial charge in [-0.15, -0.1) is 0 Å². The quantitative estimate of drug-likeness (QED) is 0.278. The lowest BCUT2D eigenvalue weighted by Crippen LogP contribution is -2.43. The van der Waals surface area contributed by atoms with E-state index in [1.807, 2.05) is 0 Å². The van der Waals surface area contributed by atoms with Gasteiger partial charge in [-0.2, -0.15) is 0 Å². The molecule has 16 heavy (non-hydrogen) atoms. The number of rotatable bonds is 8. The highest BCUT2D eigenvalue weighted by Gasteiger charge is 2.15. The van der Waals surface area contributed by atoms with Crippen LogP contribution in [0.4, 0.5) is 4.79 Å². The molecule has 0 heterocycles. The number of unbranched alkanes of at least 4 members (excludes halogenated alkanes) is 2. The molecule has 4 heteroatoms. The van der Waals surface area contributed by atoms with E-state index in [0.717, 1.165) is 23.8 Å². The first-order chi connectivity index (χ1) is 7.52. The SMILES string of the molecule is C=COC(=O)OCC[N+](C)(C)CCCCC. The van der Waals surface area contributed by atoms with E-state index in [1.165, 1.54) is 19.3 Å². The summed E-state index contributed by atoms with van der Waals surface area (Å²) in [4.78, 5) is 10.9. The van der Waals surface area contributed by atoms with Crippen LogP contribution in [0.1, 0.15) is 26.2 Å². The minimum atomic E-state index is -0.677. The second kappa shape index (κ2) is 8.16. The van der Waals surface area contributed by atoms with Crippen LogP contribution in [0, 0.1) is 0 Å². The molecule has 0 aliphatic carbocycles. The Bertz CT molecular complexity index is 214. The van der Waals surface area contributed by atoms with E-state index in [2.05, 4.69) is 32.3 Å². The minimum absolute atomic E-state index is 0.381. The second-order valence-corrected chi connectivity index (χ2v) is 4.47. The highest BCUT2D eigenvalue weighted by atomic mass is 16.7. The zero-order valence-electron chi connectivity index (χ0n) is 10.7. The molecule has 0 aromatic heterocycles. The van der Waals surface area contributed by atoms with Gasteiger partial charge in [0.25, 0.3) is 0 Å². The van der Waals surface area contributed by atoms with Gasteiger partial charge in [-0.25, -0.2) is 4.79 Å². The normalized spacial score (nSPS) is 10.9. The maximum atomic E-state index is 10.9. The number of quaternary nitrogens is 1. The van der Waals surface area contributed by atoms with Crippen LogP contribution in [0.15, 0.2) is 12.8 Å². The fraction of sp³-hybridized carbons (Fsp3) is 0.750. The molecule has 4 nitrogen and oxygen atoms in total. The molecule has 0 unspecified atom stereocenters. The van der Waals surface area contributed by atoms with Crippen molar-refractivity contribution in [2.24, 2.45) is 0 Å². The van der Waals surface area contributed by atoms with Crippen LogP contribution < -0.4 is 0 Å². The van der Waals surface area contributed by atoms with Gasteiger partial charge in [-0.3, -0.25) is 0 Å². The third kappa shape index (κ3) is 8.29. The van der Waals surface area contributed by atoms with E-state index in [0.29, 0.717) is 6.61 Å². The van der Waals surface area contributed by atoms with E-state index in [1.54, 1.807) is 0 Å². The predicted molar refractivity (Wildman–Crippen MR) is 64.0 cm³/mol. The number of ether oxygens (including phenoxy) is 2. The van der Waals surface area contributed by atoms with Crippen LogP contribution in [-0.4, -0.2) is 44.4 Å². The topological polar surface area (TPSA) is 35.5 Å². The van der Waals surface area contributed by atoms with Crippen molar-refractivity contribution in [1.29, 1.82) is 0 Å². The molecule has 0 saturated carbocycles. The Morgan fingerprint density at radius 1 is 1.31 bits per heavy atom. The molecule has 0 aliphatic rings. The molecular weight excluding hydrogens is 206 g/mol. The molecule has 0 spiro atoms. The van der Waals surface area contributed by atoms with Crippen LogP contribution in [0.5, 0.6) is 0 Å². The van der Waals surface area contributed by atoms with Crippen LogP contribution in [0.3, 0.4) is 0 Å². The van der Waals surface area contributed by atoms with E-state index in [-0.39, 0.29) is 0 Å². The van der Waals surface area contributed by atoms with Gasteiger partial charge < -0.3 is 14.0 Å². The van der Waals surface area contributed by atoms with Gasteiger partial charge in [0, 0.05) is 0 Å². The van der Waals surface area contributed by atoms with Gasteiger partial charge >= 0.3 is 6.16 Å². The molecule has 0 aromatic rings. The van der Waals surface area contributed by atoms with Crippen molar-refractivity contribution in [3.8, 4) is 0 Å². The lowest BCUT2D eigenvalue weighted by atomic mass is 10.2. The van der Waals surface area contributed by atoms with E-state index in [4.69, 9.17) is 4.74 Å². The zero-order chi connectivity index (χ0) is 12.4. The molecule has 0 fully saturated rings. The average molecular weight is 230 g/mol. The fourth-order valence-electron chi connectivity index (χ4n) is 1.38. The first-order valence-electron chi connectivity index (χ1n) is 5.78. The van der Waals surface area contributed by atoms with Gasteiger partial charge in [0.1, 0.15) is 13.2 Å². The fourth-order valence-corrected chi connectivity index (χ4v) is 1.38. The monoisotopic (exact) mass is 230 g/mol. The maximum Gasteiger partial charge on any atom is 0.513 e. The smallest absolute Gasteiger partial charge is 0.428 e. The van der Waals surface area contributed by atoms with Crippen molar-refractivity contribution >= 4 is 6.16 Å². The lowest BCUT2D eigenvalue weighted by molar-refractivity contribution is -0.890. The first-order valence-corrected chi connectivity index (χ1v) is 5.78. The minimum Gasteiger partial charge on any atom is -0.428 e. The predicted octanol–water partition coefficient (Wildman–Crippen LogP) is 2.55. The number of likely N-dealkylation sites (N-methyl/N-ethyl adjacent to an activating group) is 1. The Morgan fingerprint density at radius 3 is 2.56 bits per heavy atom. The standard InChI is InChI=1S/C12H24NO3/c1-5-7-8-9-13(3,4)10-11-16-12(14)15-6-2/h6H,2,5,7-11H2,1,3-4H3/q+1. The Morgan fingerprint density at radius 2 is 2.00 bits per heavy atom. The summed E-state index contributed by atoms with van der Waals surface area (Å²) in [7, 11) is 4.27. The van der Waals surface area contributed by atoms with Crippen molar-refractivity contribution in [1.82, 2.24) is 0 Å². The summed E-state index contributed by atoms with van der Waals surface area (Å²) in [6.45, 7) is 7.76. The number of hydrogen-bond acceptors (Lipinski definition) is 3. The largest absolute Gasteiger partial charge is 0.513 e. The molecular formula is C12H24NO3+. The van der Waals surface area contributed by atoms with Crippen molar-refractivity contribution in [3.05, 3.63) is 12.8 Å². The summed E-state index contributed by atoms with van der Waals surface area (Å²) in [6.07, 6.45) is 4.08. The molecule has 94 valence electrons. The Hall–Kier alpha value is -1.03.